The number of unbranched alkanes of at least 4 members (excludes halogenated alkanes) is 1. The number of carbonyl (C=O) groups is 2. The smallest absolute Gasteiger partial charge is 0.416 e. The van der Waals surface area contributed by atoms with Crippen LogP contribution in [0.3, 0.4) is 0 Å². The van der Waals surface area contributed by atoms with E-state index in [1.165, 1.54) is 18.2 Å². The maximum Gasteiger partial charge on any atom is 0.416 e. The van der Waals surface area contributed by atoms with Crippen molar-refractivity contribution in [2.45, 2.75) is 70.8 Å². The molecule has 186 valence electrons. The molecule has 1 aromatic rings. The summed E-state index contributed by atoms with van der Waals surface area (Å²) in [4.78, 5) is 23.7. The molecule has 0 radical (unpaired) electrons. The minimum absolute atomic E-state index is 0.0147. The number of halogens is 3. The van der Waals surface area contributed by atoms with Gasteiger partial charge in [0.25, 0.3) is 0 Å². The number of ketones is 1. The van der Waals surface area contributed by atoms with Gasteiger partial charge in [-0.2, -0.15) is 13.2 Å². The molecular formula is C26H31F3O5. The van der Waals surface area contributed by atoms with Gasteiger partial charge in [0.2, 0.25) is 0 Å². The number of carbonyl (C=O) groups excluding carboxylic acids is 2. The molecule has 1 aliphatic carbocycles. The van der Waals surface area contributed by atoms with E-state index in [-0.39, 0.29) is 30.2 Å². The number of hydrogen-bond acceptors (Lipinski definition) is 5. The highest BCUT2D eigenvalue weighted by molar-refractivity contribution is 5.99. The number of aliphatic hydroxyl groups excluding tert-OH is 1. The van der Waals surface area contributed by atoms with Crippen LogP contribution in [0.15, 0.2) is 59.7 Å². The Morgan fingerprint density at radius 3 is 2.68 bits per heavy atom. The van der Waals surface area contributed by atoms with Crippen LogP contribution in [0.1, 0.15) is 57.9 Å². The number of allylic oxidation sites excluding steroid dienone is 5. The highest BCUT2D eigenvalue weighted by Crippen LogP contribution is 2.31. The minimum atomic E-state index is -4.47. The van der Waals surface area contributed by atoms with Crippen molar-refractivity contribution >= 4 is 11.8 Å². The lowest BCUT2D eigenvalue weighted by molar-refractivity contribution is -0.147. The van der Waals surface area contributed by atoms with Crippen LogP contribution in [-0.2, 0) is 20.5 Å². The molecule has 0 bridgehead atoms. The molecule has 34 heavy (non-hydrogen) atoms. The summed E-state index contributed by atoms with van der Waals surface area (Å²) in [5.74, 6) is -0.152. The predicted molar refractivity (Wildman–Crippen MR) is 122 cm³/mol. The molecule has 0 heterocycles. The average molecular weight is 481 g/mol. The van der Waals surface area contributed by atoms with Gasteiger partial charge in [-0.25, -0.2) is 0 Å². The third-order valence-corrected chi connectivity index (χ3v) is 5.05. The van der Waals surface area contributed by atoms with Gasteiger partial charge < -0.3 is 14.6 Å². The molecule has 2 rings (SSSR count). The summed E-state index contributed by atoms with van der Waals surface area (Å²) in [7, 11) is 0. The summed E-state index contributed by atoms with van der Waals surface area (Å²) < 4.78 is 48.7. The van der Waals surface area contributed by atoms with Gasteiger partial charge in [0.05, 0.1) is 11.7 Å². The van der Waals surface area contributed by atoms with Crippen LogP contribution >= 0.6 is 0 Å². The number of rotatable bonds is 12. The van der Waals surface area contributed by atoms with Gasteiger partial charge in [-0.15, -0.1) is 0 Å². The quantitative estimate of drug-likeness (QED) is 0.235. The Labute approximate surface area is 197 Å². The molecule has 1 atom stereocenters. The molecule has 0 aromatic heterocycles. The number of ether oxygens (including phenoxy) is 2. The van der Waals surface area contributed by atoms with Crippen molar-refractivity contribution in [2.75, 3.05) is 6.61 Å². The molecule has 1 aromatic carbocycles. The molecule has 0 saturated heterocycles. The lowest BCUT2D eigenvalue weighted by Crippen LogP contribution is -2.15. The second-order valence-electron chi connectivity index (χ2n) is 8.30. The van der Waals surface area contributed by atoms with Crippen LogP contribution < -0.4 is 4.74 Å². The zero-order valence-electron chi connectivity index (χ0n) is 19.4. The van der Waals surface area contributed by atoms with E-state index in [4.69, 9.17) is 9.47 Å². The Hall–Kier alpha value is -2.87. The molecular weight excluding hydrogens is 449 g/mol. The van der Waals surface area contributed by atoms with E-state index in [1.54, 1.807) is 19.9 Å². The summed E-state index contributed by atoms with van der Waals surface area (Å²) in [5.41, 5.74) is 0.684. The minimum Gasteiger partial charge on any atom is -0.491 e. The van der Waals surface area contributed by atoms with Crippen molar-refractivity contribution < 1.29 is 37.3 Å². The fourth-order valence-electron chi connectivity index (χ4n) is 3.39. The normalized spacial score (nSPS) is 15.7. The molecule has 1 N–H and O–H groups in total. The SMILES string of the molecule is CC(C)OC(=O)CCCC=CCC1=C(C=C[C@@H](O)COc2cccc(C(F)(F)F)c2)CCC1=O. The van der Waals surface area contributed by atoms with Crippen LogP contribution in [0, 0.1) is 0 Å². The third kappa shape index (κ3) is 9.55. The zero-order valence-corrected chi connectivity index (χ0v) is 19.4. The van der Waals surface area contributed by atoms with E-state index in [0.29, 0.717) is 44.1 Å². The molecule has 0 unspecified atom stereocenters. The number of alkyl halides is 3. The van der Waals surface area contributed by atoms with Crippen molar-refractivity contribution in [1.29, 1.82) is 0 Å². The second-order valence-corrected chi connectivity index (χ2v) is 8.30. The molecule has 5 nitrogen and oxygen atoms in total. The second kappa shape index (κ2) is 13.1. The van der Waals surface area contributed by atoms with Gasteiger partial charge in [-0.05, 0) is 63.3 Å². The third-order valence-electron chi connectivity index (χ3n) is 5.05. The first-order chi connectivity index (χ1) is 16.1. The summed E-state index contributed by atoms with van der Waals surface area (Å²) >= 11 is 0. The predicted octanol–water partition coefficient (Wildman–Crippen LogP) is 5.73. The van der Waals surface area contributed by atoms with Crippen LogP contribution in [0.4, 0.5) is 13.2 Å². The number of esters is 1. The van der Waals surface area contributed by atoms with Crippen LogP contribution in [-0.4, -0.2) is 35.7 Å². The Kier molecular flexibility index (Phi) is 10.6. The van der Waals surface area contributed by atoms with Gasteiger partial charge in [-0.1, -0.05) is 30.4 Å². The fraction of sp³-hybridized carbons (Fsp3) is 0.462. The van der Waals surface area contributed by atoms with Crippen LogP contribution in [0.25, 0.3) is 0 Å². The van der Waals surface area contributed by atoms with E-state index in [1.807, 2.05) is 12.2 Å². The molecule has 0 amide bonds. The highest BCUT2D eigenvalue weighted by atomic mass is 19.4. The van der Waals surface area contributed by atoms with Crippen LogP contribution in [0.2, 0.25) is 0 Å². The number of benzene rings is 1. The summed E-state index contributed by atoms with van der Waals surface area (Å²) in [6.07, 6.45) is 4.50. The van der Waals surface area contributed by atoms with E-state index in [0.717, 1.165) is 17.7 Å². The lowest BCUT2D eigenvalue weighted by Gasteiger charge is -2.12. The van der Waals surface area contributed by atoms with Gasteiger partial charge >= 0.3 is 12.1 Å². The number of Topliss-reactive ketones (excluding diaryl/α,β-unsaturated/α-hetero) is 1. The first kappa shape index (κ1) is 27.4. The zero-order chi connectivity index (χ0) is 25.1. The Balaban J connectivity index is 1.84. The topological polar surface area (TPSA) is 72.8 Å². The summed E-state index contributed by atoms with van der Waals surface area (Å²) in [6.45, 7) is 3.39. The van der Waals surface area contributed by atoms with E-state index in [2.05, 4.69) is 0 Å². The van der Waals surface area contributed by atoms with Gasteiger partial charge in [-0.3, -0.25) is 9.59 Å². The molecule has 0 fully saturated rings. The molecule has 0 saturated carbocycles. The van der Waals surface area contributed by atoms with Crippen molar-refractivity contribution in [3.8, 4) is 5.75 Å². The maximum atomic E-state index is 12.8. The Bertz CT molecular complexity index is 929. The lowest BCUT2D eigenvalue weighted by atomic mass is 10.1. The van der Waals surface area contributed by atoms with Gasteiger partial charge in [0.1, 0.15) is 18.5 Å². The van der Waals surface area contributed by atoms with Crippen molar-refractivity contribution in [1.82, 2.24) is 0 Å². The first-order valence-corrected chi connectivity index (χ1v) is 11.3. The molecule has 0 aliphatic heterocycles. The number of aliphatic hydroxyl groups is 1. The van der Waals surface area contributed by atoms with Gasteiger partial charge in [0, 0.05) is 18.4 Å². The van der Waals surface area contributed by atoms with Crippen molar-refractivity contribution in [3.05, 3.63) is 65.3 Å². The molecule has 8 heteroatoms. The molecule has 1 aliphatic rings. The summed E-state index contributed by atoms with van der Waals surface area (Å²) in [5, 5.41) is 10.1. The van der Waals surface area contributed by atoms with Crippen molar-refractivity contribution in [2.24, 2.45) is 0 Å². The number of hydrogen-bond donors (Lipinski definition) is 1. The summed E-state index contributed by atoms with van der Waals surface area (Å²) in [6, 6.07) is 4.46. The standard InChI is InChI=1S/C26H31F3O5/c1-18(2)34-25(32)11-6-4-3-5-10-23-19(13-15-24(23)31)12-14-21(30)17-33-22-9-7-8-20(16-22)26(27,28)29/h3,5,7-9,12,14,16,18,21,30H,4,6,10-11,13,15,17H2,1-2H3/t21-/m1/s1. The van der Waals surface area contributed by atoms with Crippen LogP contribution in [0.5, 0.6) is 5.75 Å². The highest BCUT2D eigenvalue weighted by Gasteiger charge is 2.30. The Morgan fingerprint density at radius 1 is 1.21 bits per heavy atom. The average Bonchev–Trinajstić information content (AvgIpc) is 3.11. The first-order valence-electron chi connectivity index (χ1n) is 11.3. The molecule has 0 spiro atoms. The van der Waals surface area contributed by atoms with E-state index in [9.17, 15) is 27.9 Å². The Morgan fingerprint density at radius 2 is 1.97 bits per heavy atom. The van der Waals surface area contributed by atoms with Crippen molar-refractivity contribution in [3.63, 3.8) is 0 Å². The monoisotopic (exact) mass is 480 g/mol. The fourth-order valence-corrected chi connectivity index (χ4v) is 3.39. The largest absolute Gasteiger partial charge is 0.491 e. The van der Waals surface area contributed by atoms with E-state index < -0.39 is 17.8 Å². The maximum absolute atomic E-state index is 12.8. The van der Waals surface area contributed by atoms with E-state index >= 15 is 0 Å². The van der Waals surface area contributed by atoms with Gasteiger partial charge in [0.15, 0.2) is 5.78 Å².